The third kappa shape index (κ3) is 2.42. The van der Waals surface area contributed by atoms with Crippen molar-refractivity contribution in [2.24, 2.45) is 0 Å². The first kappa shape index (κ1) is 11.1. The molecule has 0 aliphatic carbocycles. The van der Waals surface area contributed by atoms with Gasteiger partial charge in [-0.2, -0.15) is 0 Å². The summed E-state index contributed by atoms with van der Waals surface area (Å²) in [6.45, 7) is 2.59. The van der Waals surface area contributed by atoms with Crippen LogP contribution in [0.25, 0.3) is 0 Å². The lowest BCUT2D eigenvalue weighted by Gasteiger charge is -2.07. The van der Waals surface area contributed by atoms with Crippen molar-refractivity contribution in [1.82, 2.24) is 4.57 Å². The molecule has 0 saturated heterocycles. The van der Waals surface area contributed by atoms with Crippen LogP contribution in [0.2, 0.25) is 0 Å². The second kappa shape index (κ2) is 4.66. The van der Waals surface area contributed by atoms with E-state index >= 15 is 0 Å². The molecule has 2 nitrogen and oxygen atoms in total. The molecular formula is C13H12BrNO. The molecular weight excluding hydrogens is 266 g/mol. The van der Waals surface area contributed by atoms with Crippen molar-refractivity contribution >= 4 is 15.9 Å². The molecule has 0 atom stereocenters. The monoisotopic (exact) mass is 277 g/mol. The number of hydrogen-bond donors (Lipinski definition) is 0. The maximum absolute atomic E-state index is 11.8. The van der Waals surface area contributed by atoms with Crippen LogP contribution in [0, 0.1) is 6.92 Å². The standard InChI is InChI=1S/C13H12BrNO/c1-10-7-12(14)13(16)15(8-10)9-11-5-3-2-4-6-11/h2-8H,9H2,1H3. The average Bonchev–Trinajstić information content (AvgIpc) is 2.27. The first-order valence-electron chi connectivity index (χ1n) is 5.07. The van der Waals surface area contributed by atoms with E-state index in [2.05, 4.69) is 15.9 Å². The number of aryl methyl sites for hydroxylation is 1. The first-order chi connectivity index (χ1) is 7.66. The van der Waals surface area contributed by atoms with Crippen molar-refractivity contribution < 1.29 is 0 Å². The normalized spacial score (nSPS) is 10.4. The molecule has 0 fully saturated rings. The molecule has 1 aromatic carbocycles. The van der Waals surface area contributed by atoms with Crippen LogP contribution in [0.1, 0.15) is 11.1 Å². The Morgan fingerprint density at radius 2 is 1.94 bits per heavy atom. The number of hydrogen-bond acceptors (Lipinski definition) is 1. The van der Waals surface area contributed by atoms with Gasteiger partial charge in [0, 0.05) is 6.20 Å². The number of nitrogens with zero attached hydrogens (tertiary/aromatic N) is 1. The van der Waals surface area contributed by atoms with Crippen molar-refractivity contribution in [2.75, 3.05) is 0 Å². The smallest absolute Gasteiger partial charge is 0.265 e. The van der Waals surface area contributed by atoms with Gasteiger partial charge in [0.05, 0.1) is 11.0 Å². The highest BCUT2D eigenvalue weighted by atomic mass is 79.9. The highest BCUT2D eigenvalue weighted by molar-refractivity contribution is 9.10. The Morgan fingerprint density at radius 1 is 1.25 bits per heavy atom. The zero-order valence-corrected chi connectivity index (χ0v) is 10.6. The number of aromatic nitrogens is 1. The largest absolute Gasteiger partial charge is 0.310 e. The van der Waals surface area contributed by atoms with Crippen molar-refractivity contribution in [3.63, 3.8) is 0 Å². The number of pyridine rings is 1. The summed E-state index contributed by atoms with van der Waals surface area (Å²) in [5.74, 6) is 0. The average molecular weight is 278 g/mol. The molecule has 16 heavy (non-hydrogen) atoms. The lowest BCUT2D eigenvalue weighted by Crippen LogP contribution is -2.21. The summed E-state index contributed by atoms with van der Waals surface area (Å²) in [5.41, 5.74) is 2.21. The molecule has 0 unspecified atom stereocenters. The fourth-order valence-electron chi connectivity index (χ4n) is 1.64. The van der Waals surface area contributed by atoms with Gasteiger partial charge in [-0.25, -0.2) is 0 Å². The summed E-state index contributed by atoms with van der Waals surface area (Å²) in [7, 11) is 0. The molecule has 3 heteroatoms. The number of benzene rings is 1. The highest BCUT2D eigenvalue weighted by Crippen LogP contribution is 2.07. The maximum atomic E-state index is 11.8. The fraction of sp³-hybridized carbons (Fsp3) is 0.154. The summed E-state index contributed by atoms with van der Waals surface area (Å²) in [6, 6.07) is 11.8. The van der Waals surface area contributed by atoms with E-state index in [1.165, 1.54) is 0 Å². The van der Waals surface area contributed by atoms with Crippen LogP contribution in [0.4, 0.5) is 0 Å². The fourth-order valence-corrected chi connectivity index (χ4v) is 2.23. The van der Waals surface area contributed by atoms with Crippen LogP contribution >= 0.6 is 15.9 Å². The van der Waals surface area contributed by atoms with Gasteiger partial charge in [-0.3, -0.25) is 4.79 Å². The molecule has 0 bridgehead atoms. The van der Waals surface area contributed by atoms with Gasteiger partial charge >= 0.3 is 0 Å². The minimum atomic E-state index is 0.00875. The molecule has 0 saturated carbocycles. The first-order valence-corrected chi connectivity index (χ1v) is 5.86. The molecule has 0 aliphatic heterocycles. The molecule has 0 radical (unpaired) electrons. The Hall–Kier alpha value is -1.35. The van der Waals surface area contributed by atoms with Crippen molar-refractivity contribution in [1.29, 1.82) is 0 Å². The lowest BCUT2D eigenvalue weighted by atomic mass is 10.2. The summed E-state index contributed by atoms with van der Waals surface area (Å²) in [4.78, 5) is 11.8. The molecule has 0 aliphatic rings. The minimum Gasteiger partial charge on any atom is -0.310 e. The summed E-state index contributed by atoms with van der Waals surface area (Å²) in [5, 5.41) is 0. The van der Waals surface area contributed by atoms with Crippen LogP contribution in [0.15, 0.2) is 51.9 Å². The number of halogens is 1. The zero-order chi connectivity index (χ0) is 11.5. The van der Waals surface area contributed by atoms with E-state index in [-0.39, 0.29) is 5.56 Å². The zero-order valence-electron chi connectivity index (χ0n) is 8.98. The molecule has 82 valence electrons. The van der Waals surface area contributed by atoms with Gasteiger partial charge in [0.15, 0.2) is 0 Å². The predicted molar refractivity (Wildman–Crippen MR) is 68.7 cm³/mol. The third-order valence-corrected chi connectivity index (χ3v) is 2.94. The van der Waals surface area contributed by atoms with Gasteiger partial charge in [0.1, 0.15) is 0 Å². The molecule has 2 aromatic rings. The van der Waals surface area contributed by atoms with Crippen LogP contribution in [-0.2, 0) is 6.54 Å². The number of rotatable bonds is 2. The third-order valence-electron chi connectivity index (χ3n) is 2.37. The second-order valence-corrected chi connectivity index (χ2v) is 4.64. The van der Waals surface area contributed by atoms with Gasteiger partial charge in [-0.15, -0.1) is 0 Å². The maximum Gasteiger partial charge on any atom is 0.265 e. The van der Waals surface area contributed by atoms with Gasteiger partial charge in [0.2, 0.25) is 0 Å². The van der Waals surface area contributed by atoms with Gasteiger partial charge < -0.3 is 4.57 Å². The summed E-state index contributed by atoms with van der Waals surface area (Å²) < 4.78 is 2.33. The van der Waals surface area contributed by atoms with E-state index in [4.69, 9.17) is 0 Å². The van der Waals surface area contributed by atoms with E-state index in [0.29, 0.717) is 11.0 Å². The molecule has 0 amide bonds. The quantitative estimate of drug-likeness (QED) is 0.827. The molecule has 0 spiro atoms. The molecule has 2 rings (SSSR count). The van der Waals surface area contributed by atoms with Crippen molar-refractivity contribution in [2.45, 2.75) is 13.5 Å². The SMILES string of the molecule is Cc1cc(Br)c(=O)n(Cc2ccccc2)c1. The summed E-state index contributed by atoms with van der Waals surface area (Å²) in [6.07, 6.45) is 1.88. The highest BCUT2D eigenvalue weighted by Gasteiger charge is 2.02. The topological polar surface area (TPSA) is 22.0 Å². The second-order valence-electron chi connectivity index (χ2n) is 3.78. The molecule has 1 aromatic heterocycles. The van der Waals surface area contributed by atoms with Crippen LogP contribution in [-0.4, -0.2) is 4.57 Å². The minimum absolute atomic E-state index is 0.00875. The van der Waals surface area contributed by atoms with Gasteiger partial charge in [0.25, 0.3) is 5.56 Å². The Labute approximate surface area is 103 Å². The van der Waals surface area contributed by atoms with Crippen LogP contribution < -0.4 is 5.56 Å². The lowest BCUT2D eigenvalue weighted by molar-refractivity contribution is 0.750. The van der Waals surface area contributed by atoms with Crippen molar-refractivity contribution in [3.8, 4) is 0 Å². The van der Waals surface area contributed by atoms with Gasteiger partial charge in [-0.1, -0.05) is 30.3 Å². The van der Waals surface area contributed by atoms with Crippen LogP contribution in [0.3, 0.4) is 0 Å². The predicted octanol–water partition coefficient (Wildman–Crippen LogP) is 2.97. The van der Waals surface area contributed by atoms with E-state index in [9.17, 15) is 4.79 Å². The Bertz CT molecular complexity index is 546. The van der Waals surface area contributed by atoms with Crippen LogP contribution in [0.5, 0.6) is 0 Å². The van der Waals surface area contributed by atoms with E-state index in [1.54, 1.807) is 4.57 Å². The summed E-state index contributed by atoms with van der Waals surface area (Å²) >= 11 is 3.28. The Balaban J connectivity index is 2.39. The van der Waals surface area contributed by atoms with E-state index in [0.717, 1.165) is 11.1 Å². The molecule has 1 heterocycles. The Morgan fingerprint density at radius 3 is 2.62 bits per heavy atom. The van der Waals surface area contributed by atoms with E-state index < -0.39 is 0 Å². The van der Waals surface area contributed by atoms with Gasteiger partial charge in [-0.05, 0) is 40.0 Å². The van der Waals surface area contributed by atoms with E-state index in [1.807, 2.05) is 49.5 Å². The van der Waals surface area contributed by atoms with Crippen molar-refractivity contribution in [3.05, 3.63) is 68.5 Å². The Kier molecular flexibility index (Phi) is 3.25. The molecule has 0 N–H and O–H groups in total.